The van der Waals surface area contributed by atoms with Crippen molar-refractivity contribution in [2.75, 3.05) is 40.3 Å². The van der Waals surface area contributed by atoms with Gasteiger partial charge in [-0.25, -0.2) is 4.79 Å². The van der Waals surface area contributed by atoms with Crippen molar-refractivity contribution in [3.63, 3.8) is 0 Å². The molecule has 20 heavy (non-hydrogen) atoms. The van der Waals surface area contributed by atoms with Crippen molar-refractivity contribution >= 4 is 12.0 Å². The lowest BCUT2D eigenvalue weighted by Gasteiger charge is -2.38. The van der Waals surface area contributed by atoms with Crippen molar-refractivity contribution in [3.05, 3.63) is 0 Å². The van der Waals surface area contributed by atoms with Gasteiger partial charge in [0.1, 0.15) is 6.54 Å². The summed E-state index contributed by atoms with van der Waals surface area (Å²) in [6, 6.07) is 0.270. The normalized spacial score (nSPS) is 22.9. The number of likely N-dealkylation sites (tertiary alicyclic amines) is 1. The summed E-state index contributed by atoms with van der Waals surface area (Å²) >= 11 is 0. The number of piperidine rings is 1. The number of likely N-dealkylation sites (N-methyl/N-ethyl adjacent to an activating group) is 1. The summed E-state index contributed by atoms with van der Waals surface area (Å²) < 4.78 is 0. The number of nitrogens with zero attached hydrogens (tertiary/aromatic N) is 3. The summed E-state index contributed by atoms with van der Waals surface area (Å²) in [5.74, 6) is -0.423. The van der Waals surface area contributed by atoms with E-state index in [9.17, 15) is 9.59 Å². The molecule has 6 heteroatoms. The Morgan fingerprint density at radius 1 is 1.25 bits per heavy atom. The van der Waals surface area contributed by atoms with Crippen LogP contribution in [0, 0.1) is 5.92 Å². The van der Waals surface area contributed by atoms with Crippen LogP contribution in [0.4, 0.5) is 4.79 Å². The van der Waals surface area contributed by atoms with Crippen LogP contribution < -0.4 is 0 Å². The van der Waals surface area contributed by atoms with Crippen molar-refractivity contribution < 1.29 is 14.7 Å². The molecule has 1 N–H and O–H groups in total. The summed E-state index contributed by atoms with van der Waals surface area (Å²) in [6.45, 7) is 1.85. The van der Waals surface area contributed by atoms with Crippen LogP contribution in [0.5, 0.6) is 0 Å². The van der Waals surface area contributed by atoms with Crippen molar-refractivity contribution in [2.45, 2.75) is 31.7 Å². The fourth-order valence-corrected chi connectivity index (χ4v) is 2.74. The molecule has 0 spiro atoms. The maximum Gasteiger partial charge on any atom is 0.323 e. The van der Waals surface area contributed by atoms with Gasteiger partial charge in [0.05, 0.1) is 0 Å². The SMILES string of the molecule is CN(C)C1CCCN(C(=O)N(CC(=O)O)CC2CC2)C1. The Labute approximate surface area is 120 Å². The first kappa shape index (κ1) is 15.1. The van der Waals surface area contributed by atoms with E-state index in [1.54, 1.807) is 0 Å². The number of rotatable bonds is 5. The topological polar surface area (TPSA) is 64.1 Å². The second kappa shape index (κ2) is 6.43. The monoisotopic (exact) mass is 283 g/mol. The number of aliphatic carboxylic acids is 1. The van der Waals surface area contributed by atoms with Crippen LogP contribution in [0.1, 0.15) is 25.7 Å². The maximum atomic E-state index is 12.5. The van der Waals surface area contributed by atoms with Crippen LogP contribution in [-0.4, -0.2) is 78.1 Å². The Bertz CT molecular complexity index is 369. The molecule has 1 atom stereocenters. The maximum absolute atomic E-state index is 12.5. The molecule has 0 radical (unpaired) electrons. The summed E-state index contributed by atoms with van der Waals surface area (Å²) in [4.78, 5) is 29.0. The van der Waals surface area contributed by atoms with Gasteiger partial charge in [0.2, 0.25) is 0 Å². The highest BCUT2D eigenvalue weighted by Gasteiger charge is 2.32. The minimum Gasteiger partial charge on any atom is -0.480 e. The first-order chi connectivity index (χ1) is 9.47. The molecule has 1 saturated heterocycles. The minimum absolute atomic E-state index is 0.106. The van der Waals surface area contributed by atoms with Crippen molar-refractivity contribution in [1.29, 1.82) is 0 Å². The molecule has 1 heterocycles. The van der Waals surface area contributed by atoms with E-state index in [0.717, 1.165) is 32.2 Å². The molecular weight excluding hydrogens is 258 g/mol. The van der Waals surface area contributed by atoms with Gasteiger partial charge in [0.25, 0.3) is 0 Å². The molecule has 2 rings (SSSR count). The number of hydrogen-bond donors (Lipinski definition) is 1. The largest absolute Gasteiger partial charge is 0.480 e. The first-order valence-electron chi connectivity index (χ1n) is 7.39. The fraction of sp³-hybridized carbons (Fsp3) is 0.857. The number of hydrogen-bond acceptors (Lipinski definition) is 3. The zero-order valence-electron chi connectivity index (χ0n) is 12.4. The highest BCUT2D eigenvalue weighted by Crippen LogP contribution is 2.30. The molecule has 0 aromatic carbocycles. The lowest BCUT2D eigenvalue weighted by Crippen LogP contribution is -2.53. The van der Waals surface area contributed by atoms with Crippen molar-refractivity contribution in [3.8, 4) is 0 Å². The van der Waals surface area contributed by atoms with E-state index in [2.05, 4.69) is 4.90 Å². The smallest absolute Gasteiger partial charge is 0.323 e. The van der Waals surface area contributed by atoms with Crippen molar-refractivity contribution in [2.24, 2.45) is 5.92 Å². The molecule has 114 valence electrons. The van der Waals surface area contributed by atoms with Crippen LogP contribution >= 0.6 is 0 Å². The van der Waals surface area contributed by atoms with Crippen LogP contribution in [0.25, 0.3) is 0 Å². The molecule has 2 aliphatic rings. The zero-order valence-corrected chi connectivity index (χ0v) is 12.4. The van der Waals surface area contributed by atoms with Gasteiger partial charge in [-0.2, -0.15) is 0 Å². The molecule has 6 nitrogen and oxygen atoms in total. The number of carbonyl (C=O) groups is 2. The number of amides is 2. The average Bonchev–Trinajstić information content (AvgIpc) is 3.20. The molecule has 0 bridgehead atoms. The van der Waals surface area contributed by atoms with E-state index in [1.807, 2.05) is 19.0 Å². The predicted octanol–water partition coefficient (Wildman–Crippen LogP) is 0.929. The fourth-order valence-electron chi connectivity index (χ4n) is 2.74. The van der Waals surface area contributed by atoms with Gasteiger partial charge in [0.15, 0.2) is 0 Å². The van der Waals surface area contributed by atoms with Gasteiger partial charge < -0.3 is 19.8 Å². The Morgan fingerprint density at radius 3 is 2.50 bits per heavy atom. The van der Waals surface area contributed by atoms with Crippen LogP contribution in [0.15, 0.2) is 0 Å². The minimum atomic E-state index is -0.930. The number of carboxylic acids is 1. The second-order valence-corrected chi connectivity index (χ2v) is 6.21. The number of carboxylic acid groups (broad SMARTS) is 1. The molecule has 1 unspecified atom stereocenters. The van der Waals surface area contributed by atoms with Gasteiger partial charge >= 0.3 is 12.0 Å². The third kappa shape index (κ3) is 4.10. The van der Waals surface area contributed by atoms with Gasteiger partial charge in [-0.15, -0.1) is 0 Å². The van der Waals surface area contributed by atoms with Gasteiger partial charge in [-0.3, -0.25) is 4.79 Å². The third-order valence-electron chi connectivity index (χ3n) is 4.17. The highest BCUT2D eigenvalue weighted by molar-refractivity contribution is 5.80. The molecular formula is C14H25N3O3. The van der Waals surface area contributed by atoms with Gasteiger partial charge in [-0.05, 0) is 45.7 Å². The molecule has 0 aromatic heterocycles. The Kier molecular flexibility index (Phi) is 4.86. The first-order valence-corrected chi connectivity index (χ1v) is 7.39. The molecule has 1 aliphatic carbocycles. The van der Waals surface area contributed by atoms with Crippen LogP contribution in [0.2, 0.25) is 0 Å². The average molecular weight is 283 g/mol. The van der Waals surface area contributed by atoms with E-state index in [-0.39, 0.29) is 12.6 Å². The molecule has 2 fully saturated rings. The Morgan fingerprint density at radius 2 is 1.95 bits per heavy atom. The Balaban J connectivity index is 1.96. The van der Waals surface area contributed by atoms with Gasteiger partial charge in [-0.1, -0.05) is 0 Å². The van der Waals surface area contributed by atoms with E-state index in [4.69, 9.17) is 5.11 Å². The zero-order chi connectivity index (χ0) is 14.7. The molecule has 0 aromatic rings. The lowest BCUT2D eigenvalue weighted by atomic mass is 10.1. The van der Waals surface area contributed by atoms with Crippen molar-refractivity contribution in [1.82, 2.24) is 14.7 Å². The summed E-state index contributed by atoms with van der Waals surface area (Å²) in [7, 11) is 4.05. The highest BCUT2D eigenvalue weighted by atomic mass is 16.4. The van der Waals surface area contributed by atoms with E-state index >= 15 is 0 Å². The Hall–Kier alpha value is -1.30. The second-order valence-electron chi connectivity index (χ2n) is 6.21. The number of carbonyl (C=O) groups excluding carboxylic acids is 1. The van der Waals surface area contributed by atoms with E-state index in [1.165, 1.54) is 4.90 Å². The van der Waals surface area contributed by atoms with Crippen LogP contribution in [0.3, 0.4) is 0 Å². The predicted molar refractivity (Wildman–Crippen MR) is 75.6 cm³/mol. The third-order valence-corrected chi connectivity index (χ3v) is 4.17. The summed E-state index contributed by atoms with van der Waals surface area (Å²) in [6.07, 6.45) is 4.31. The van der Waals surface area contributed by atoms with Crippen LogP contribution in [-0.2, 0) is 4.79 Å². The molecule has 1 aliphatic heterocycles. The summed E-state index contributed by atoms with van der Waals surface area (Å²) in [5.41, 5.74) is 0. The standard InChI is InChI=1S/C14H25N3O3/c1-15(2)12-4-3-7-16(9-12)14(20)17(10-13(18)19)8-11-5-6-11/h11-12H,3-10H2,1-2H3,(H,18,19). The van der Waals surface area contributed by atoms with E-state index in [0.29, 0.717) is 25.0 Å². The summed E-state index contributed by atoms with van der Waals surface area (Å²) in [5, 5.41) is 8.98. The number of urea groups is 1. The van der Waals surface area contributed by atoms with E-state index < -0.39 is 5.97 Å². The quantitative estimate of drug-likeness (QED) is 0.815. The molecule has 2 amide bonds. The van der Waals surface area contributed by atoms with Gasteiger partial charge in [0, 0.05) is 25.7 Å². The molecule has 1 saturated carbocycles. The lowest BCUT2D eigenvalue weighted by molar-refractivity contribution is -0.137.